The van der Waals surface area contributed by atoms with Gasteiger partial charge in [-0.15, -0.1) is 16.8 Å². The Morgan fingerprint density at radius 1 is 1.39 bits per heavy atom. The van der Waals surface area contributed by atoms with Crippen molar-refractivity contribution in [3.8, 4) is 11.4 Å². The van der Waals surface area contributed by atoms with Gasteiger partial charge in [-0.1, -0.05) is 41.0 Å². The largest absolute Gasteiger partial charge is 0.465 e. The first kappa shape index (κ1) is 17.8. The van der Waals surface area contributed by atoms with Gasteiger partial charge in [0.15, 0.2) is 11.0 Å². The van der Waals surface area contributed by atoms with Crippen molar-refractivity contribution < 1.29 is 9.53 Å². The lowest BCUT2D eigenvalue weighted by Crippen LogP contribution is -2.08. The number of nitrogens with zero attached hydrogens (tertiary/aromatic N) is 3. The number of halogens is 2. The van der Waals surface area contributed by atoms with Crippen LogP contribution in [0.4, 0.5) is 0 Å². The molecule has 1 heterocycles. The maximum Gasteiger partial charge on any atom is 0.316 e. The summed E-state index contributed by atoms with van der Waals surface area (Å²) in [5, 5.41) is 9.86. The standard InChI is InChI=1S/C15H15Cl2N3O2S/c1-3-7-20-14(10-5-6-11(16)12(17)8-10)18-19-15(20)23-9-13(21)22-4-2/h3,5-6,8H,1,4,7,9H2,2H3. The fourth-order valence-corrected chi connectivity index (χ4v) is 2.91. The summed E-state index contributed by atoms with van der Waals surface area (Å²) >= 11 is 13.3. The molecule has 0 aliphatic carbocycles. The van der Waals surface area contributed by atoms with Crippen LogP contribution in [0, 0.1) is 0 Å². The molecule has 0 saturated heterocycles. The summed E-state index contributed by atoms with van der Waals surface area (Å²) in [6.45, 7) is 6.37. The first-order chi connectivity index (χ1) is 11.1. The molecule has 0 atom stereocenters. The Hall–Kier alpha value is -1.50. The number of hydrogen-bond acceptors (Lipinski definition) is 5. The number of carbonyl (C=O) groups excluding carboxylic acids is 1. The van der Waals surface area contributed by atoms with Crippen LogP contribution < -0.4 is 0 Å². The average molecular weight is 372 g/mol. The molecule has 0 spiro atoms. The fourth-order valence-electron chi connectivity index (χ4n) is 1.86. The van der Waals surface area contributed by atoms with Crippen LogP contribution in [0.2, 0.25) is 10.0 Å². The second-order valence-electron chi connectivity index (χ2n) is 4.43. The molecule has 0 aliphatic heterocycles. The zero-order chi connectivity index (χ0) is 16.8. The summed E-state index contributed by atoms with van der Waals surface area (Å²) in [7, 11) is 0. The van der Waals surface area contributed by atoms with Crippen molar-refractivity contribution in [2.45, 2.75) is 18.6 Å². The van der Waals surface area contributed by atoms with E-state index >= 15 is 0 Å². The lowest BCUT2D eigenvalue weighted by atomic mass is 10.2. The quantitative estimate of drug-likeness (QED) is 0.416. The van der Waals surface area contributed by atoms with Gasteiger partial charge < -0.3 is 4.74 Å². The van der Waals surface area contributed by atoms with Crippen LogP contribution in [-0.2, 0) is 16.1 Å². The van der Waals surface area contributed by atoms with Crippen LogP contribution in [-0.4, -0.2) is 33.1 Å². The predicted octanol–water partition coefficient (Wildman–Crippen LogP) is 4.09. The van der Waals surface area contributed by atoms with Crippen LogP contribution in [0.15, 0.2) is 36.0 Å². The Morgan fingerprint density at radius 2 is 2.17 bits per heavy atom. The Balaban J connectivity index is 2.28. The van der Waals surface area contributed by atoms with Gasteiger partial charge in [0, 0.05) is 12.1 Å². The number of thioether (sulfide) groups is 1. The molecule has 0 saturated carbocycles. The first-order valence-electron chi connectivity index (χ1n) is 6.84. The van der Waals surface area contributed by atoms with E-state index in [2.05, 4.69) is 16.8 Å². The molecule has 0 N–H and O–H groups in total. The van der Waals surface area contributed by atoms with Gasteiger partial charge in [-0.25, -0.2) is 0 Å². The van der Waals surface area contributed by atoms with Crippen LogP contribution >= 0.6 is 35.0 Å². The van der Waals surface area contributed by atoms with Gasteiger partial charge in [0.1, 0.15) is 0 Å². The number of benzene rings is 1. The van der Waals surface area contributed by atoms with E-state index in [1.807, 2.05) is 10.6 Å². The molecule has 122 valence electrons. The highest BCUT2D eigenvalue weighted by atomic mass is 35.5. The fraction of sp³-hybridized carbons (Fsp3) is 0.267. The van der Waals surface area contributed by atoms with E-state index in [-0.39, 0.29) is 11.7 Å². The van der Waals surface area contributed by atoms with E-state index in [0.717, 1.165) is 5.56 Å². The van der Waals surface area contributed by atoms with Crippen LogP contribution in [0.3, 0.4) is 0 Å². The summed E-state index contributed by atoms with van der Waals surface area (Å²) in [4.78, 5) is 11.5. The highest BCUT2D eigenvalue weighted by Gasteiger charge is 2.16. The minimum atomic E-state index is -0.290. The zero-order valence-electron chi connectivity index (χ0n) is 12.5. The molecule has 2 aromatic rings. The van der Waals surface area contributed by atoms with Gasteiger partial charge in [0.25, 0.3) is 0 Å². The Kier molecular flexibility index (Phi) is 6.50. The second-order valence-corrected chi connectivity index (χ2v) is 6.18. The van der Waals surface area contributed by atoms with Crippen molar-refractivity contribution in [3.63, 3.8) is 0 Å². The molecule has 0 bridgehead atoms. The molecular formula is C15H15Cl2N3O2S. The number of carbonyl (C=O) groups is 1. The topological polar surface area (TPSA) is 57.0 Å². The summed E-state index contributed by atoms with van der Waals surface area (Å²) in [5.41, 5.74) is 0.789. The molecule has 0 fully saturated rings. The lowest BCUT2D eigenvalue weighted by molar-refractivity contribution is -0.139. The highest BCUT2D eigenvalue weighted by molar-refractivity contribution is 7.99. The summed E-state index contributed by atoms with van der Waals surface area (Å²) < 4.78 is 6.77. The van der Waals surface area contributed by atoms with E-state index in [9.17, 15) is 4.79 Å². The average Bonchev–Trinajstić information content (AvgIpc) is 2.92. The van der Waals surface area contributed by atoms with Crippen molar-refractivity contribution in [3.05, 3.63) is 40.9 Å². The third-order valence-electron chi connectivity index (χ3n) is 2.83. The Morgan fingerprint density at radius 3 is 2.83 bits per heavy atom. The third-order valence-corrected chi connectivity index (χ3v) is 4.51. The molecule has 5 nitrogen and oxygen atoms in total. The van der Waals surface area contributed by atoms with Crippen molar-refractivity contribution in [2.24, 2.45) is 0 Å². The third kappa shape index (κ3) is 4.50. The van der Waals surface area contributed by atoms with Gasteiger partial charge in [-0.3, -0.25) is 9.36 Å². The number of allylic oxidation sites excluding steroid dienone is 1. The van der Waals surface area contributed by atoms with Gasteiger partial charge in [0.2, 0.25) is 0 Å². The maximum atomic E-state index is 11.5. The van der Waals surface area contributed by atoms with Crippen molar-refractivity contribution >= 4 is 40.9 Å². The monoisotopic (exact) mass is 371 g/mol. The molecule has 2 rings (SSSR count). The van der Waals surface area contributed by atoms with Crippen LogP contribution in [0.25, 0.3) is 11.4 Å². The number of aromatic nitrogens is 3. The number of ether oxygens (including phenoxy) is 1. The Labute approximate surface area is 148 Å². The summed E-state index contributed by atoms with van der Waals surface area (Å²) in [6, 6.07) is 5.25. The second kappa shape index (κ2) is 8.38. The van der Waals surface area contributed by atoms with Gasteiger partial charge in [-0.2, -0.15) is 0 Å². The molecule has 1 aromatic carbocycles. The molecule has 0 unspecified atom stereocenters. The molecule has 0 amide bonds. The summed E-state index contributed by atoms with van der Waals surface area (Å²) in [6.07, 6.45) is 1.73. The van der Waals surface area contributed by atoms with Gasteiger partial charge in [-0.05, 0) is 25.1 Å². The minimum absolute atomic E-state index is 0.171. The van der Waals surface area contributed by atoms with E-state index in [4.69, 9.17) is 27.9 Å². The van der Waals surface area contributed by atoms with E-state index in [1.54, 1.807) is 25.1 Å². The molecule has 0 radical (unpaired) electrons. The first-order valence-corrected chi connectivity index (χ1v) is 8.59. The maximum absolute atomic E-state index is 11.5. The Bertz CT molecular complexity index is 719. The SMILES string of the molecule is C=CCn1c(SCC(=O)OCC)nnc1-c1ccc(Cl)c(Cl)c1. The summed E-state index contributed by atoms with van der Waals surface area (Å²) in [5.74, 6) is 0.515. The normalized spacial score (nSPS) is 10.6. The molecule has 23 heavy (non-hydrogen) atoms. The van der Waals surface area contributed by atoms with E-state index in [0.29, 0.717) is 34.2 Å². The lowest BCUT2D eigenvalue weighted by Gasteiger charge is -2.08. The molecule has 8 heteroatoms. The zero-order valence-corrected chi connectivity index (χ0v) is 14.8. The number of esters is 1. The highest BCUT2D eigenvalue weighted by Crippen LogP contribution is 2.29. The van der Waals surface area contributed by atoms with Crippen molar-refractivity contribution in [2.75, 3.05) is 12.4 Å². The van der Waals surface area contributed by atoms with Crippen molar-refractivity contribution in [1.82, 2.24) is 14.8 Å². The minimum Gasteiger partial charge on any atom is -0.465 e. The smallest absolute Gasteiger partial charge is 0.316 e. The van der Waals surface area contributed by atoms with Crippen LogP contribution in [0.1, 0.15) is 6.92 Å². The predicted molar refractivity (Wildman–Crippen MR) is 93.0 cm³/mol. The van der Waals surface area contributed by atoms with Gasteiger partial charge >= 0.3 is 5.97 Å². The van der Waals surface area contributed by atoms with E-state index in [1.165, 1.54) is 11.8 Å². The van der Waals surface area contributed by atoms with Crippen LogP contribution in [0.5, 0.6) is 0 Å². The van der Waals surface area contributed by atoms with Crippen molar-refractivity contribution in [1.29, 1.82) is 0 Å². The molecular weight excluding hydrogens is 357 g/mol. The van der Waals surface area contributed by atoms with Gasteiger partial charge in [0.05, 0.1) is 22.4 Å². The number of rotatable bonds is 7. The molecule has 1 aromatic heterocycles. The molecule has 0 aliphatic rings. The number of hydrogen-bond donors (Lipinski definition) is 0. The van der Waals surface area contributed by atoms with E-state index < -0.39 is 0 Å².